The van der Waals surface area contributed by atoms with Crippen LogP contribution in [0.4, 0.5) is 5.69 Å². The first-order chi connectivity index (χ1) is 9.16. The zero-order valence-electron chi connectivity index (χ0n) is 11.5. The molecule has 0 bridgehead atoms. The molecule has 3 N–H and O–H groups in total. The zero-order chi connectivity index (χ0) is 14.1. The number of halogens is 1. The molecule has 0 amide bonds. The van der Waals surface area contributed by atoms with Crippen molar-refractivity contribution in [3.8, 4) is 0 Å². The number of unbranched alkanes of at least 4 members (excludes halogenated alkanes) is 5. The van der Waals surface area contributed by atoms with Crippen molar-refractivity contribution in [1.82, 2.24) is 0 Å². The van der Waals surface area contributed by atoms with Crippen LogP contribution >= 0.6 is 28.1 Å². The number of hydrogen-bond donors (Lipinski definition) is 2. The van der Waals surface area contributed by atoms with E-state index < -0.39 is 0 Å². The molecule has 106 valence electrons. The number of thiocarbonyl (C=S) groups is 1. The molecule has 1 aromatic rings. The van der Waals surface area contributed by atoms with Gasteiger partial charge in [0, 0.05) is 22.3 Å². The number of hydrogen-bond acceptors (Lipinski definition) is 2. The lowest BCUT2D eigenvalue weighted by atomic mass is 10.1. The van der Waals surface area contributed by atoms with Crippen molar-refractivity contribution in [2.24, 2.45) is 5.73 Å². The first-order valence-corrected chi connectivity index (χ1v) is 8.19. The summed E-state index contributed by atoms with van der Waals surface area (Å²) in [4.78, 5) is 0.429. The van der Waals surface area contributed by atoms with Crippen molar-refractivity contribution >= 4 is 38.8 Å². The quantitative estimate of drug-likeness (QED) is 0.497. The van der Waals surface area contributed by atoms with Gasteiger partial charge >= 0.3 is 0 Å². The van der Waals surface area contributed by atoms with Crippen LogP contribution in [0, 0.1) is 0 Å². The van der Waals surface area contributed by atoms with Crippen molar-refractivity contribution in [2.45, 2.75) is 45.4 Å². The van der Waals surface area contributed by atoms with Gasteiger partial charge in [0.05, 0.1) is 0 Å². The van der Waals surface area contributed by atoms with Crippen molar-refractivity contribution in [1.29, 1.82) is 0 Å². The summed E-state index contributed by atoms with van der Waals surface area (Å²) in [5, 5.41) is 3.43. The van der Waals surface area contributed by atoms with E-state index in [0.29, 0.717) is 4.99 Å². The predicted octanol–water partition coefficient (Wildman–Crippen LogP) is 4.86. The van der Waals surface area contributed by atoms with Crippen LogP contribution in [0.25, 0.3) is 0 Å². The normalized spacial score (nSPS) is 10.4. The lowest BCUT2D eigenvalue weighted by Crippen LogP contribution is -2.14. The molecule has 19 heavy (non-hydrogen) atoms. The molecule has 0 aliphatic rings. The van der Waals surface area contributed by atoms with Gasteiger partial charge in [0.2, 0.25) is 0 Å². The summed E-state index contributed by atoms with van der Waals surface area (Å²) in [6, 6.07) is 5.98. The van der Waals surface area contributed by atoms with Crippen molar-refractivity contribution < 1.29 is 0 Å². The summed E-state index contributed by atoms with van der Waals surface area (Å²) in [5.74, 6) is 0. The number of anilines is 1. The summed E-state index contributed by atoms with van der Waals surface area (Å²) < 4.78 is 0.952. The van der Waals surface area contributed by atoms with Gasteiger partial charge in [-0.15, -0.1) is 0 Å². The molecule has 0 fully saturated rings. The Hall–Kier alpha value is -0.610. The molecule has 0 atom stereocenters. The third kappa shape index (κ3) is 5.91. The van der Waals surface area contributed by atoms with E-state index in [9.17, 15) is 0 Å². The smallest absolute Gasteiger partial charge is 0.107 e. The van der Waals surface area contributed by atoms with Crippen LogP contribution in [-0.4, -0.2) is 11.5 Å². The molecule has 2 nitrogen and oxygen atoms in total. The fraction of sp³-hybridized carbons (Fsp3) is 0.533. The fourth-order valence-corrected chi connectivity index (χ4v) is 2.98. The number of benzene rings is 1. The molecule has 4 heteroatoms. The lowest BCUT2D eigenvalue weighted by Gasteiger charge is -2.12. The summed E-state index contributed by atoms with van der Waals surface area (Å²) in [6.07, 6.45) is 7.80. The summed E-state index contributed by atoms with van der Waals surface area (Å²) in [6.45, 7) is 3.21. The number of rotatable bonds is 9. The molecule has 0 saturated carbocycles. The highest BCUT2D eigenvalue weighted by atomic mass is 79.9. The molecule has 1 aromatic carbocycles. The van der Waals surface area contributed by atoms with Crippen LogP contribution in [0.3, 0.4) is 0 Å². The molecular weight excluding hydrogens is 320 g/mol. The molecule has 0 saturated heterocycles. The Bertz CT molecular complexity index is 407. The predicted molar refractivity (Wildman–Crippen MR) is 91.9 cm³/mol. The van der Waals surface area contributed by atoms with Gasteiger partial charge in [-0.2, -0.15) is 0 Å². The molecule has 0 heterocycles. The van der Waals surface area contributed by atoms with Crippen molar-refractivity contribution in [3.63, 3.8) is 0 Å². The number of nitrogens with one attached hydrogen (secondary N) is 1. The standard InChI is InChI=1S/C15H23BrN2S/c1-2-3-4-5-6-7-11-18-13-10-8-9-12(16)14(13)15(17)19/h8-10,18H,2-7,11H2,1H3,(H2,17,19). The van der Waals surface area contributed by atoms with E-state index in [1.165, 1.54) is 38.5 Å². The maximum Gasteiger partial charge on any atom is 0.107 e. The van der Waals surface area contributed by atoms with Gasteiger partial charge in [0.1, 0.15) is 4.99 Å². The van der Waals surface area contributed by atoms with Crippen molar-refractivity contribution in [3.05, 3.63) is 28.2 Å². The fourth-order valence-electron chi connectivity index (χ4n) is 2.05. The van der Waals surface area contributed by atoms with Crippen LogP contribution in [0.2, 0.25) is 0 Å². The lowest BCUT2D eigenvalue weighted by molar-refractivity contribution is 0.617. The van der Waals surface area contributed by atoms with E-state index in [0.717, 1.165) is 22.3 Å². The van der Waals surface area contributed by atoms with E-state index in [1.807, 2.05) is 18.2 Å². The summed E-state index contributed by atoms with van der Waals surface area (Å²) in [7, 11) is 0. The monoisotopic (exact) mass is 342 g/mol. The molecular formula is C15H23BrN2S. The molecule has 1 rings (SSSR count). The Morgan fingerprint density at radius 2 is 1.89 bits per heavy atom. The Balaban J connectivity index is 2.37. The molecule has 0 aliphatic heterocycles. The van der Waals surface area contributed by atoms with Crippen LogP contribution in [0.15, 0.2) is 22.7 Å². The summed E-state index contributed by atoms with van der Waals surface area (Å²) >= 11 is 8.59. The summed E-state index contributed by atoms with van der Waals surface area (Å²) in [5.41, 5.74) is 7.69. The highest BCUT2D eigenvalue weighted by molar-refractivity contribution is 9.10. The van der Waals surface area contributed by atoms with Gasteiger partial charge in [-0.1, -0.05) is 57.3 Å². The zero-order valence-corrected chi connectivity index (χ0v) is 13.9. The first-order valence-electron chi connectivity index (χ1n) is 6.99. The molecule has 0 aromatic heterocycles. The first kappa shape index (κ1) is 16.4. The van der Waals surface area contributed by atoms with Crippen LogP contribution in [0.5, 0.6) is 0 Å². The van der Waals surface area contributed by atoms with E-state index in [4.69, 9.17) is 18.0 Å². The molecule has 0 aliphatic carbocycles. The third-order valence-corrected chi connectivity index (χ3v) is 3.97. The van der Waals surface area contributed by atoms with Gasteiger partial charge in [-0.25, -0.2) is 0 Å². The molecule has 0 radical (unpaired) electrons. The average molecular weight is 343 g/mol. The minimum Gasteiger partial charge on any atom is -0.389 e. The Labute approximate surface area is 130 Å². The van der Waals surface area contributed by atoms with E-state index in [-0.39, 0.29) is 0 Å². The van der Waals surface area contributed by atoms with E-state index in [2.05, 4.69) is 28.2 Å². The topological polar surface area (TPSA) is 38.0 Å². The third-order valence-electron chi connectivity index (χ3n) is 3.11. The highest BCUT2D eigenvalue weighted by Gasteiger charge is 2.08. The number of nitrogens with two attached hydrogens (primary N) is 1. The Morgan fingerprint density at radius 3 is 2.58 bits per heavy atom. The minimum absolute atomic E-state index is 0.429. The van der Waals surface area contributed by atoms with Crippen LogP contribution in [0.1, 0.15) is 51.0 Å². The second kappa shape index (κ2) is 9.32. The van der Waals surface area contributed by atoms with Gasteiger partial charge in [-0.05, 0) is 34.5 Å². The maximum atomic E-state index is 5.76. The van der Waals surface area contributed by atoms with E-state index >= 15 is 0 Å². The second-order valence-corrected chi connectivity index (χ2v) is 6.02. The largest absolute Gasteiger partial charge is 0.389 e. The Morgan fingerprint density at radius 1 is 1.21 bits per heavy atom. The molecule has 0 unspecified atom stereocenters. The highest BCUT2D eigenvalue weighted by Crippen LogP contribution is 2.24. The van der Waals surface area contributed by atoms with Gasteiger partial charge in [0.15, 0.2) is 0 Å². The minimum atomic E-state index is 0.429. The van der Waals surface area contributed by atoms with Crippen LogP contribution in [-0.2, 0) is 0 Å². The van der Waals surface area contributed by atoms with Gasteiger partial charge in [0.25, 0.3) is 0 Å². The average Bonchev–Trinajstić information content (AvgIpc) is 2.37. The van der Waals surface area contributed by atoms with Gasteiger partial charge < -0.3 is 11.1 Å². The maximum absolute atomic E-state index is 5.76. The van der Waals surface area contributed by atoms with Gasteiger partial charge in [-0.3, -0.25) is 0 Å². The molecule has 0 spiro atoms. The second-order valence-electron chi connectivity index (χ2n) is 4.72. The SMILES string of the molecule is CCCCCCCCNc1cccc(Br)c1C(N)=S. The van der Waals surface area contributed by atoms with Crippen LogP contribution < -0.4 is 11.1 Å². The van der Waals surface area contributed by atoms with E-state index in [1.54, 1.807) is 0 Å². The van der Waals surface area contributed by atoms with Crippen molar-refractivity contribution in [2.75, 3.05) is 11.9 Å². The Kier molecular flexibility index (Phi) is 8.07.